The lowest BCUT2D eigenvalue weighted by atomic mass is 9.98. The van der Waals surface area contributed by atoms with Crippen LogP contribution in [0.1, 0.15) is 50.6 Å². The molecular formula is C22H37N5O2. The predicted octanol–water partition coefficient (Wildman–Crippen LogP) is 1.90. The molecule has 4 rings (SSSR count). The molecule has 0 bridgehead atoms. The molecule has 1 N–H and O–H groups in total. The minimum Gasteiger partial charge on any atom is -0.389 e. The standard InChI is InChI=1S/C22H37N5O2/c28-20(18-29-21-6-2-1-3-7-21)17-26-14-12-25(13-15-26)16-19-8-9-23-22(24-19)27-10-4-5-11-27/h8-9,20-21,28H,1-7,10-18H2. The number of anilines is 1. The van der Waals surface area contributed by atoms with Crippen LogP contribution in [0.2, 0.25) is 0 Å². The van der Waals surface area contributed by atoms with Crippen LogP contribution in [0.3, 0.4) is 0 Å². The van der Waals surface area contributed by atoms with E-state index < -0.39 is 0 Å². The topological polar surface area (TPSA) is 65.0 Å². The molecule has 162 valence electrons. The highest BCUT2D eigenvalue weighted by Crippen LogP contribution is 2.20. The molecule has 1 aliphatic carbocycles. The summed E-state index contributed by atoms with van der Waals surface area (Å²) < 4.78 is 5.93. The van der Waals surface area contributed by atoms with Gasteiger partial charge in [0.2, 0.25) is 5.95 Å². The third-order valence-electron chi connectivity index (χ3n) is 6.49. The molecule has 1 aromatic rings. The van der Waals surface area contributed by atoms with E-state index >= 15 is 0 Å². The predicted molar refractivity (Wildman–Crippen MR) is 114 cm³/mol. The number of hydrogen-bond donors (Lipinski definition) is 1. The summed E-state index contributed by atoms with van der Waals surface area (Å²) in [6.07, 6.45) is 10.6. The monoisotopic (exact) mass is 403 g/mol. The maximum atomic E-state index is 10.4. The number of aromatic nitrogens is 2. The van der Waals surface area contributed by atoms with Gasteiger partial charge in [0, 0.05) is 58.6 Å². The van der Waals surface area contributed by atoms with E-state index in [1.54, 1.807) is 0 Å². The number of β-amino-alcohol motifs (C(OH)–C–C–N with tert-alkyl or cyclic N) is 1. The van der Waals surface area contributed by atoms with Crippen molar-refractivity contribution < 1.29 is 9.84 Å². The zero-order chi connectivity index (χ0) is 19.9. The van der Waals surface area contributed by atoms with Crippen molar-refractivity contribution in [1.82, 2.24) is 19.8 Å². The van der Waals surface area contributed by atoms with Gasteiger partial charge in [-0.3, -0.25) is 9.80 Å². The lowest BCUT2D eigenvalue weighted by Crippen LogP contribution is -2.48. The maximum absolute atomic E-state index is 10.4. The van der Waals surface area contributed by atoms with Crippen LogP contribution in [0.5, 0.6) is 0 Å². The van der Waals surface area contributed by atoms with Gasteiger partial charge in [-0.05, 0) is 31.7 Å². The summed E-state index contributed by atoms with van der Waals surface area (Å²) in [6.45, 7) is 8.24. The Kier molecular flexibility index (Phi) is 7.71. The van der Waals surface area contributed by atoms with Crippen LogP contribution in [0, 0.1) is 0 Å². The van der Waals surface area contributed by atoms with E-state index in [1.165, 1.54) is 32.1 Å². The molecule has 3 fully saturated rings. The number of aliphatic hydroxyl groups excluding tert-OH is 1. The summed E-state index contributed by atoms with van der Waals surface area (Å²) in [5, 5.41) is 10.4. The molecule has 0 aromatic carbocycles. The molecule has 3 heterocycles. The molecule has 29 heavy (non-hydrogen) atoms. The number of aliphatic hydroxyl groups is 1. The van der Waals surface area contributed by atoms with E-state index in [-0.39, 0.29) is 6.10 Å². The number of hydrogen-bond acceptors (Lipinski definition) is 7. The Labute approximate surface area is 175 Å². The Balaban J connectivity index is 1.16. The first-order valence-corrected chi connectivity index (χ1v) is 11.6. The van der Waals surface area contributed by atoms with E-state index in [2.05, 4.69) is 19.7 Å². The molecule has 1 atom stereocenters. The smallest absolute Gasteiger partial charge is 0.225 e. The van der Waals surface area contributed by atoms with Gasteiger partial charge in [-0.25, -0.2) is 9.97 Å². The number of rotatable bonds is 8. The second-order valence-electron chi connectivity index (χ2n) is 8.87. The third-order valence-corrected chi connectivity index (χ3v) is 6.49. The number of nitrogens with zero attached hydrogens (tertiary/aromatic N) is 5. The second kappa shape index (κ2) is 10.7. The molecule has 0 amide bonds. The van der Waals surface area contributed by atoms with Crippen LogP contribution >= 0.6 is 0 Å². The highest BCUT2D eigenvalue weighted by atomic mass is 16.5. The summed E-state index contributed by atoms with van der Waals surface area (Å²) in [4.78, 5) is 16.4. The Hall–Kier alpha value is -1.28. The number of piperazine rings is 1. The van der Waals surface area contributed by atoms with Crippen molar-refractivity contribution in [3.8, 4) is 0 Å². The Morgan fingerprint density at radius 1 is 0.966 bits per heavy atom. The zero-order valence-electron chi connectivity index (χ0n) is 17.7. The van der Waals surface area contributed by atoms with Crippen molar-refractivity contribution >= 4 is 5.95 Å². The molecule has 2 saturated heterocycles. The van der Waals surface area contributed by atoms with Gasteiger partial charge in [-0.1, -0.05) is 19.3 Å². The molecule has 7 heteroatoms. The normalized spacial score (nSPS) is 23.6. The van der Waals surface area contributed by atoms with Crippen LogP contribution in [0.15, 0.2) is 12.3 Å². The minimum absolute atomic E-state index is 0.369. The van der Waals surface area contributed by atoms with Crippen molar-refractivity contribution in [3.05, 3.63) is 18.0 Å². The molecule has 2 aliphatic heterocycles. The molecular weight excluding hydrogens is 366 g/mol. The molecule has 1 unspecified atom stereocenters. The van der Waals surface area contributed by atoms with E-state index in [1.807, 2.05) is 12.3 Å². The quantitative estimate of drug-likeness (QED) is 0.711. The van der Waals surface area contributed by atoms with E-state index in [9.17, 15) is 5.11 Å². The van der Waals surface area contributed by atoms with Gasteiger partial charge in [-0.2, -0.15) is 0 Å². The molecule has 1 saturated carbocycles. The van der Waals surface area contributed by atoms with Crippen molar-refractivity contribution in [3.63, 3.8) is 0 Å². The Morgan fingerprint density at radius 2 is 1.69 bits per heavy atom. The first-order valence-electron chi connectivity index (χ1n) is 11.6. The fourth-order valence-corrected chi connectivity index (χ4v) is 4.73. The average molecular weight is 404 g/mol. The summed E-state index contributed by atoms with van der Waals surface area (Å²) in [5.41, 5.74) is 1.11. The minimum atomic E-state index is -0.381. The van der Waals surface area contributed by atoms with Crippen LogP contribution in [0.25, 0.3) is 0 Å². The fourth-order valence-electron chi connectivity index (χ4n) is 4.73. The summed E-state index contributed by atoms with van der Waals surface area (Å²) in [6, 6.07) is 2.04. The molecule has 3 aliphatic rings. The van der Waals surface area contributed by atoms with Gasteiger partial charge in [0.25, 0.3) is 0 Å². The summed E-state index contributed by atoms with van der Waals surface area (Å²) in [5.74, 6) is 0.889. The molecule has 0 radical (unpaired) electrons. The highest BCUT2D eigenvalue weighted by Gasteiger charge is 2.22. The Morgan fingerprint density at radius 3 is 2.45 bits per heavy atom. The van der Waals surface area contributed by atoms with E-state index in [4.69, 9.17) is 9.72 Å². The zero-order valence-corrected chi connectivity index (χ0v) is 17.7. The van der Waals surface area contributed by atoms with Crippen LogP contribution in [-0.4, -0.2) is 89.5 Å². The Bertz CT molecular complexity index is 611. The van der Waals surface area contributed by atoms with Crippen molar-refractivity contribution in [2.45, 2.75) is 63.7 Å². The first kappa shape index (κ1) is 21.0. The van der Waals surface area contributed by atoms with Gasteiger partial charge in [0.1, 0.15) is 0 Å². The van der Waals surface area contributed by atoms with Gasteiger partial charge < -0.3 is 14.7 Å². The van der Waals surface area contributed by atoms with E-state index in [0.29, 0.717) is 19.3 Å². The van der Waals surface area contributed by atoms with Gasteiger partial charge in [0.15, 0.2) is 0 Å². The lowest BCUT2D eigenvalue weighted by molar-refractivity contribution is -0.0371. The van der Waals surface area contributed by atoms with Gasteiger partial charge in [-0.15, -0.1) is 0 Å². The highest BCUT2D eigenvalue weighted by molar-refractivity contribution is 5.31. The first-order chi connectivity index (χ1) is 14.3. The number of ether oxygens (including phenoxy) is 1. The van der Waals surface area contributed by atoms with Crippen molar-refractivity contribution in [2.24, 2.45) is 0 Å². The molecule has 0 spiro atoms. The average Bonchev–Trinajstić information content (AvgIpc) is 3.30. The fraction of sp³-hybridized carbons (Fsp3) is 0.818. The summed E-state index contributed by atoms with van der Waals surface area (Å²) in [7, 11) is 0. The second-order valence-corrected chi connectivity index (χ2v) is 8.87. The summed E-state index contributed by atoms with van der Waals surface area (Å²) >= 11 is 0. The van der Waals surface area contributed by atoms with Crippen molar-refractivity contribution in [1.29, 1.82) is 0 Å². The molecule has 7 nitrogen and oxygen atoms in total. The van der Waals surface area contributed by atoms with Crippen molar-refractivity contribution in [2.75, 3.05) is 57.3 Å². The van der Waals surface area contributed by atoms with Gasteiger partial charge in [0.05, 0.1) is 24.5 Å². The van der Waals surface area contributed by atoms with Crippen LogP contribution < -0.4 is 4.90 Å². The maximum Gasteiger partial charge on any atom is 0.225 e. The van der Waals surface area contributed by atoms with Gasteiger partial charge >= 0.3 is 0 Å². The van der Waals surface area contributed by atoms with E-state index in [0.717, 1.165) is 70.3 Å². The lowest BCUT2D eigenvalue weighted by Gasteiger charge is -2.35. The SMILES string of the molecule is OC(COC1CCCCC1)CN1CCN(Cc2ccnc(N3CCCC3)n2)CC1. The van der Waals surface area contributed by atoms with Crippen LogP contribution in [0.4, 0.5) is 5.95 Å². The third kappa shape index (κ3) is 6.35. The molecule has 1 aromatic heterocycles. The van der Waals surface area contributed by atoms with Crippen LogP contribution in [-0.2, 0) is 11.3 Å². The largest absolute Gasteiger partial charge is 0.389 e.